The van der Waals surface area contributed by atoms with Crippen molar-refractivity contribution < 1.29 is 23.1 Å². The standard InChI is InChI=1S/C18H10ClF3N2O2S/c1-7-14(9-3-2-8(19)4-12(9)24(7)6-13(25)26)18-23-16-15(22)10(20)5-11(21)17(16)27-18/h2-5H,6H2,1H3,(H,25,26). The fraction of sp³-hybridized carbons (Fsp3) is 0.111. The van der Waals surface area contributed by atoms with Gasteiger partial charge >= 0.3 is 5.97 Å². The third-order valence-corrected chi connectivity index (χ3v) is 5.63. The van der Waals surface area contributed by atoms with E-state index in [9.17, 15) is 23.1 Å². The molecular formula is C18H10ClF3N2O2S. The first-order valence-corrected chi connectivity index (χ1v) is 8.92. The molecule has 0 aliphatic heterocycles. The predicted molar refractivity (Wildman–Crippen MR) is 97.8 cm³/mol. The number of aromatic nitrogens is 2. The monoisotopic (exact) mass is 410 g/mol. The number of aliphatic carboxylic acids is 1. The third-order valence-electron chi connectivity index (χ3n) is 4.31. The van der Waals surface area contributed by atoms with Crippen LogP contribution in [0.4, 0.5) is 13.2 Å². The van der Waals surface area contributed by atoms with Crippen molar-refractivity contribution in [3.8, 4) is 10.6 Å². The average Bonchev–Trinajstić information content (AvgIpc) is 3.14. The lowest BCUT2D eigenvalue weighted by Crippen LogP contribution is -2.09. The number of rotatable bonds is 3. The Labute approximate surface area is 159 Å². The van der Waals surface area contributed by atoms with Crippen LogP contribution in [0.25, 0.3) is 31.7 Å². The van der Waals surface area contributed by atoms with E-state index in [1.807, 2.05) is 0 Å². The molecule has 2 aromatic heterocycles. The summed E-state index contributed by atoms with van der Waals surface area (Å²) in [5, 5.41) is 10.5. The molecule has 0 fully saturated rings. The normalized spacial score (nSPS) is 11.6. The van der Waals surface area contributed by atoms with Gasteiger partial charge in [-0.15, -0.1) is 11.3 Å². The molecule has 0 spiro atoms. The zero-order valence-corrected chi connectivity index (χ0v) is 15.3. The Hall–Kier alpha value is -2.58. The maximum Gasteiger partial charge on any atom is 0.323 e. The number of carboxylic acid groups (broad SMARTS) is 1. The summed E-state index contributed by atoms with van der Waals surface area (Å²) in [5.74, 6) is -4.48. The van der Waals surface area contributed by atoms with Gasteiger partial charge in [-0.2, -0.15) is 0 Å². The molecule has 138 valence electrons. The molecule has 0 radical (unpaired) electrons. The molecule has 4 nitrogen and oxygen atoms in total. The molecule has 4 rings (SSSR count). The second kappa shape index (κ2) is 6.24. The summed E-state index contributed by atoms with van der Waals surface area (Å²) in [6, 6.07) is 5.42. The lowest BCUT2D eigenvalue weighted by Gasteiger charge is -2.04. The fourth-order valence-electron chi connectivity index (χ4n) is 3.15. The van der Waals surface area contributed by atoms with Gasteiger partial charge in [-0.1, -0.05) is 17.7 Å². The van der Waals surface area contributed by atoms with Crippen LogP contribution >= 0.6 is 22.9 Å². The van der Waals surface area contributed by atoms with Crippen LogP contribution in [0.1, 0.15) is 5.69 Å². The Morgan fingerprint density at radius 1 is 1.26 bits per heavy atom. The number of hydrogen-bond acceptors (Lipinski definition) is 3. The first-order chi connectivity index (χ1) is 12.8. The molecule has 0 aliphatic carbocycles. The Balaban J connectivity index is 2.06. The Kier molecular flexibility index (Phi) is 4.12. The first kappa shape index (κ1) is 17.8. The van der Waals surface area contributed by atoms with Gasteiger partial charge in [0.15, 0.2) is 11.6 Å². The van der Waals surface area contributed by atoms with Crippen molar-refractivity contribution >= 4 is 50.0 Å². The topological polar surface area (TPSA) is 55.1 Å². The van der Waals surface area contributed by atoms with Crippen molar-refractivity contribution in [3.05, 3.63) is 52.4 Å². The molecule has 2 aromatic carbocycles. The number of nitrogens with zero attached hydrogens (tertiary/aromatic N) is 2. The highest BCUT2D eigenvalue weighted by Gasteiger charge is 2.23. The van der Waals surface area contributed by atoms with E-state index in [0.29, 0.717) is 33.2 Å². The van der Waals surface area contributed by atoms with Gasteiger partial charge in [0, 0.05) is 27.7 Å². The summed E-state index contributed by atoms with van der Waals surface area (Å²) < 4.78 is 43.1. The van der Waals surface area contributed by atoms with Gasteiger partial charge in [0.25, 0.3) is 0 Å². The van der Waals surface area contributed by atoms with E-state index in [1.54, 1.807) is 25.1 Å². The lowest BCUT2D eigenvalue weighted by atomic mass is 10.1. The average molecular weight is 411 g/mol. The number of halogens is 4. The Morgan fingerprint density at radius 3 is 2.70 bits per heavy atom. The fourth-order valence-corrected chi connectivity index (χ4v) is 4.39. The highest BCUT2D eigenvalue weighted by atomic mass is 35.5. The summed E-state index contributed by atoms with van der Waals surface area (Å²) >= 11 is 6.92. The SMILES string of the molecule is Cc1c(-c2nc3c(F)c(F)cc(F)c3s2)c2ccc(Cl)cc2n1CC(=O)O. The van der Waals surface area contributed by atoms with Crippen molar-refractivity contribution in [2.75, 3.05) is 0 Å². The van der Waals surface area contributed by atoms with Crippen LogP contribution in [0.2, 0.25) is 5.02 Å². The van der Waals surface area contributed by atoms with Gasteiger partial charge in [-0.25, -0.2) is 18.2 Å². The minimum absolute atomic E-state index is 0.101. The number of carboxylic acids is 1. The number of carbonyl (C=O) groups is 1. The van der Waals surface area contributed by atoms with Crippen molar-refractivity contribution in [2.45, 2.75) is 13.5 Å². The quantitative estimate of drug-likeness (QED) is 0.461. The number of fused-ring (bicyclic) bond motifs is 2. The van der Waals surface area contributed by atoms with E-state index in [-0.39, 0.29) is 21.8 Å². The molecule has 0 amide bonds. The minimum Gasteiger partial charge on any atom is -0.480 e. The van der Waals surface area contributed by atoms with E-state index < -0.39 is 23.4 Å². The minimum atomic E-state index is -1.31. The van der Waals surface area contributed by atoms with E-state index >= 15 is 0 Å². The molecule has 0 saturated carbocycles. The summed E-state index contributed by atoms with van der Waals surface area (Å²) in [5.41, 5.74) is 1.25. The maximum absolute atomic E-state index is 14.1. The third kappa shape index (κ3) is 2.76. The van der Waals surface area contributed by atoms with E-state index in [4.69, 9.17) is 11.6 Å². The first-order valence-electron chi connectivity index (χ1n) is 7.72. The van der Waals surface area contributed by atoms with Gasteiger partial charge in [-0.3, -0.25) is 4.79 Å². The molecule has 1 N–H and O–H groups in total. The van der Waals surface area contributed by atoms with Crippen molar-refractivity contribution in [2.24, 2.45) is 0 Å². The molecule has 2 heterocycles. The molecule has 0 bridgehead atoms. The summed E-state index contributed by atoms with van der Waals surface area (Å²) in [6.07, 6.45) is 0. The van der Waals surface area contributed by atoms with Gasteiger partial charge < -0.3 is 9.67 Å². The summed E-state index contributed by atoms with van der Waals surface area (Å²) in [6.45, 7) is 1.37. The number of hydrogen-bond donors (Lipinski definition) is 1. The predicted octanol–water partition coefficient (Wildman–Crippen LogP) is 5.38. The molecule has 27 heavy (non-hydrogen) atoms. The van der Waals surface area contributed by atoms with Crippen LogP contribution in [-0.2, 0) is 11.3 Å². The Morgan fingerprint density at radius 2 is 2.00 bits per heavy atom. The van der Waals surface area contributed by atoms with Crippen LogP contribution in [0.5, 0.6) is 0 Å². The van der Waals surface area contributed by atoms with Crippen LogP contribution in [0.15, 0.2) is 24.3 Å². The van der Waals surface area contributed by atoms with Crippen molar-refractivity contribution in [3.63, 3.8) is 0 Å². The molecular weight excluding hydrogens is 401 g/mol. The van der Waals surface area contributed by atoms with E-state index in [1.165, 1.54) is 4.57 Å². The van der Waals surface area contributed by atoms with Gasteiger partial charge in [-0.05, 0) is 19.1 Å². The molecule has 0 atom stereocenters. The van der Waals surface area contributed by atoms with Crippen LogP contribution in [-0.4, -0.2) is 20.6 Å². The smallest absolute Gasteiger partial charge is 0.323 e. The van der Waals surface area contributed by atoms with Gasteiger partial charge in [0.1, 0.15) is 22.9 Å². The molecule has 0 saturated heterocycles. The molecule has 0 unspecified atom stereocenters. The summed E-state index contributed by atoms with van der Waals surface area (Å²) in [4.78, 5) is 15.4. The molecule has 4 aromatic rings. The number of benzene rings is 2. The highest BCUT2D eigenvalue weighted by molar-refractivity contribution is 7.21. The zero-order chi connectivity index (χ0) is 19.5. The van der Waals surface area contributed by atoms with Crippen molar-refractivity contribution in [1.82, 2.24) is 9.55 Å². The second-order valence-corrected chi connectivity index (χ2v) is 7.39. The molecule has 0 aliphatic rings. The molecule has 9 heteroatoms. The van der Waals surface area contributed by atoms with Gasteiger partial charge in [0.2, 0.25) is 0 Å². The van der Waals surface area contributed by atoms with E-state index in [0.717, 1.165) is 11.3 Å². The summed E-state index contributed by atoms with van der Waals surface area (Å²) in [7, 11) is 0. The van der Waals surface area contributed by atoms with Crippen LogP contribution < -0.4 is 0 Å². The zero-order valence-electron chi connectivity index (χ0n) is 13.7. The number of thiazole rings is 1. The van der Waals surface area contributed by atoms with Crippen LogP contribution in [0.3, 0.4) is 0 Å². The van der Waals surface area contributed by atoms with E-state index in [2.05, 4.69) is 4.98 Å². The van der Waals surface area contributed by atoms with Crippen LogP contribution in [0, 0.1) is 24.4 Å². The Bertz CT molecular complexity index is 1250. The maximum atomic E-state index is 14.1. The lowest BCUT2D eigenvalue weighted by molar-refractivity contribution is -0.137. The largest absolute Gasteiger partial charge is 0.480 e. The second-order valence-electron chi connectivity index (χ2n) is 5.95. The van der Waals surface area contributed by atoms with Gasteiger partial charge in [0.05, 0.1) is 10.2 Å². The van der Waals surface area contributed by atoms with Crippen molar-refractivity contribution in [1.29, 1.82) is 0 Å². The highest BCUT2D eigenvalue weighted by Crippen LogP contribution is 2.40.